The first-order valence-corrected chi connectivity index (χ1v) is 20.2. The van der Waals surface area contributed by atoms with Crippen molar-refractivity contribution in [3.63, 3.8) is 0 Å². The van der Waals surface area contributed by atoms with Crippen LogP contribution in [0.1, 0.15) is 29.7 Å². The van der Waals surface area contributed by atoms with Crippen LogP contribution in [0.15, 0.2) is 122 Å². The van der Waals surface area contributed by atoms with Gasteiger partial charge in [0.05, 0.1) is 45.0 Å². The third-order valence-corrected chi connectivity index (χ3v) is 10.8. The molecule has 0 unspecified atom stereocenters. The number of halogens is 9. The summed E-state index contributed by atoms with van der Waals surface area (Å²) in [6, 6.07) is 25.5. The summed E-state index contributed by atoms with van der Waals surface area (Å²) in [7, 11) is 0. The van der Waals surface area contributed by atoms with E-state index in [2.05, 4.69) is 0 Å². The minimum Gasteiger partial charge on any atom is -0.656 e. The molecular weight excluding hydrogens is 915 g/mol. The zero-order valence-electron chi connectivity index (χ0n) is 34.5. The Morgan fingerprint density at radius 2 is 0.652 bits per heavy atom. The number of aryl methyl sites for hydroxylation is 1. The van der Waals surface area contributed by atoms with Crippen molar-refractivity contribution in [2.45, 2.75) is 51.6 Å². The van der Waals surface area contributed by atoms with Crippen LogP contribution in [0.2, 0.25) is 0 Å². The molecule has 0 radical (unpaired) electrons. The second-order valence-electron chi connectivity index (χ2n) is 15.2. The molecule has 8 bridgehead atoms. The number of rotatable bonds is 8. The molecule has 0 aromatic carbocycles. The smallest absolute Gasteiger partial charge is 0.656 e. The van der Waals surface area contributed by atoms with Crippen LogP contribution in [0.4, 0.5) is 39.5 Å². The monoisotopic (exact) mass is 949 g/mol. The molecule has 0 aliphatic carbocycles. The number of hydrogen-bond donors (Lipinski definition) is 0. The molecule has 0 saturated heterocycles. The SMILES string of the molecule is CC[n+]1ccccc1-c1c2nc(c(-c3cccc[n+]3CC(F)(F)F)c3ccc([n-]3)c(-c3cccc[n+]3CC(F)(F)F)c3nc(c(-c4cccc[n+]4CC(F)(F)F)c4ccc1[n-]4)C=C3)C=C2.[Mn+3]. The summed E-state index contributed by atoms with van der Waals surface area (Å²) in [4.78, 5) is 20.0. The Labute approximate surface area is 381 Å². The molecule has 2 aliphatic rings. The summed E-state index contributed by atoms with van der Waals surface area (Å²) >= 11 is 0. The minimum absolute atomic E-state index is 0. The van der Waals surface area contributed by atoms with E-state index in [0.717, 1.165) is 13.7 Å². The summed E-state index contributed by atoms with van der Waals surface area (Å²) in [5.41, 5.74) is 3.71. The summed E-state index contributed by atoms with van der Waals surface area (Å²) in [6.07, 6.45) is -1.76. The second-order valence-corrected chi connectivity index (χ2v) is 15.2. The third-order valence-electron chi connectivity index (χ3n) is 10.8. The van der Waals surface area contributed by atoms with E-state index in [1.54, 1.807) is 66.8 Å². The number of aromatic nitrogens is 8. The van der Waals surface area contributed by atoms with Gasteiger partial charge in [0.2, 0.25) is 42.4 Å². The Kier molecular flexibility index (Phi) is 12.3. The minimum atomic E-state index is -4.66. The van der Waals surface area contributed by atoms with Crippen LogP contribution in [0.25, 0.3) is 91.4 Å². The largest absolute Gasteiger partial charge is 3.00 e. The fourth-order valence-corrected chi connectivity index (χ4v) is 8.22. The van der Waals surface area contributed by atoms with Gasteiger partial charge in [-0.2, -0.15) is 57.8 Å². The molecule has 332 valence electrons. The van der Waals surface area contributed by atoms with Gasteiger partial charge in [0, 0.05) is 48.5 Å². The summed E-state index contributed by atoms with van der Waals surface area (Å²) in [6.45, 7) is -1.65. The molecule has 66 heavy (non-hydrogen) atoms. The van der Waals surface area contributed by atoms with Crippen molar-refractivity contribution in [1.29, 1.82) is 0 Å². The van der Waals surface area contributed by atoms with Gasteiger partial charge in [0.15, 0.2) is 24.8 Å². The first kappa shape index (κ1) is 45.6. The zero-order chi connectivity index (χ0) is 45.7. The Hall–Kier alpha value is -6.91. The topological polar surface area (TPSA) is 69.5 Å². The van der Waals surface area contributed by atoms with Crippen molar-refractivity contribution in [2.24, 2.45) is 0 Å². The van der Waals surface area contributed by atoms with Crippen molar-refractivity contribution in [3.05, 3.63) is 145 Å². The van der Waals surface area contributed by atoms with Crippen molar-refractivity contribution < 1.29 is 74.9 Å². The molecule has 0 N–H and O–H groups in total. The first-order chi connectivity index (χ1) is 31.0. The molecule has 7 aromatic heterocycles. The normalized spacial score (nSPS) is 12.7. The fourth-order valence-electron chi connectivity index (χ4n) is 8.22. The van der Waals surface area contributed by atoms with E-state index >= 15 is 0 Å². The van der Waals surface area contributed by atoms with Crippen LogP contribution in [0.3, 0.4) is 0 Å². The van der Waals surface area contributed by atoms with E-state index in [1.165, 1.54) is 55.0 Å². The number of hydrogen-bond acceptors (Lipinski definition) is 2. The van der Waals surface area contributed by atoms with Gasteiger partial charge in [-0.3, -0.25) is 0 Å². The van der Waals surface area contributed by atoms with Crippen LogP contribution in [0, 0.1) is 0 Å². The molecule has 0 saturated carbocycles. The van der Waals surface area contributed by atoms with Gasteiger partial charge in [0.25, 0.3) is 0 Å². The molecule has 9 rings (SSSR count). The van der Waals surface area contributed by atoms with Crippen molar-refractivity contribution in [2.75, 3.05) is 0 Å². The molecule has 0 amide bonds. The van der Waals surface area contributed by atoms with E-state index in [1.807, 2.05) is 35.9 Å². The van der Waals surface area contributed by atoms with Crippen LogP contribution >= 0.6 is 0 Å². The van der Waals surface area contributed by atoms with Gasteiger partial charge in [-0.1, -0.05) is 24.3 Å². The maximum Gasteiger partial charge on any atom is 3.00 e. The van der Waals surface area contributed by atoms with Crippen LogP contribution in [-0.4, -0.2) is 28.5 Å². The summed E-state index contributed by atoms with van der Waals surface area (Å²) in [5, 5.41) is 0. The molecule has 18 heteroatoms. The quantitative estimate of drug-likeness (QED) is 0.0866. The van der Waals surface area contributed by atoms with E-state index in [0.29, 0.717) is 29.0 Å². The molecule has 9 heterocycles. The summed E-state index contributed by atoms with van der Waals surface area (Å²) in [5.74, 6) is 0. The third kappa shape index (κ3) is 9.42. The van der Waals surface area contributed by atoms with E-state index < -0.39 is 38.2 Å². The van der Waals surface area contributed by atoms with Gasteiger partial charge in [-0.25, -0.2) is 9.97 Å². The number of alkyl halides is 9. The summed E-state index contributed by atoms with van der Waals surface area (Å²) < 4.78 is 133. The second kappa shape index (κ2) is 17.8. The predicted molar refractivity (Wildman–Crippen MR) is 223 cm³/mol. The van der Waals surface area contributed by atoms with Crippen molar-refractivity contribution in [1.82, 2.24) is 19.9 Å². The van der Waals surface area contributed by atoms with Crippen LogP contribution < -0.4 is 28.2 Å². The van der Waals surface area contributed by atoms with Gasteiger partial charge < -0.3 is 9.97 Å². The van der Waals surface area contributed by atoms with Crippen LogP contribution in [0.5, 0.6) is 0 Å². The van der Waals surface area contributed by atoms with E-state index in [-0.39, 0.29) is 84.5 Å². The van der Waals surface area contributed by atoms with Crippen molar-refractivity contribution in [3.8, 4) is 45.0 Å². The van der Waals surface area contributed by atoms with Crippen LogP contribution in [-0.2, 0) is 43.2 Å². The predicted octanol–water partition coefficient (Wildman–Crippen LogP) is 9.44. The first-order valence-electron chi connectivity index (χ1n) is 20.2. The molecule has 8 nitrogen and oxygen atoms in total. The molecule has 7 aromatic rings. The van der Waals surface area contributed by atoms with Gasteiger partial charge >= 0.3 is 35.6 Å². The van der Waals surface area contributed by atoms with Gasteiger partial charge in [0.1, 0.15) is 6.54 Å². The Balaban J connectivity index is 0.00000592. The fraction of sp³-hybridized carbons (Fsp3) is 0.167. The average Bonchev–Trinajstić information content (AvgIpc) is 4.09. The van der Waals surface area contributed by atoms with Crippen molar-refractivity contribution >= 4 is 46.4 Å². The molecule has 2 aliphatic heterocycles. The number of nitrogens with zero attached hydrogens (tertiary/aromatic N) is 8. The average molecular weight is 950 g/mol. The maximum absolute atomic E-state index is 14.2. The molecule has 0 fully saturated rings. The zero-order valence-corrected chi connectivity index (χ0v) is 35.7. The van der Waals surface area contributed by atoms with E-state index in [9.17, 15) is 39.5 Å². The molecular formula is C48H35F9MnN8+5. The Morgan fingerprint density at radius 3 is 0.909 bits per heavy atom. The van der Waals surface area contributed by atoms with Gasteiger partial charge in [-0.15, -0.1) is 22.1 Å². The Bertz CT molecular complexity index is 3160. The van der Waals surface area contributed by atoms with E-state index in [4.69, 9.17) is 19.9 Å². The van der Waals surface area contributed by atoms with Gasteiger partial charge in [-0.05, 0) is 55.5 Å². The molecule has 0 spiro atoms. The Morgan fingerprint density at radius 1 is 0.394 bits per heavy atom. The number of fused-ring (bicyclic) bond motifs is 8. The molecule has 0 atom stereocenters. The number of pyridine rings is 4. The standard InChI is InChI=1S/C48H35F9N8.Mn/c1-2-62-23-7-3-11-38(62)42-30-15-17-32(58-30)43(39-12-4-8-24-63(39)27-46(49,50)51)34-19-21-36(60-34)45(41-14-6-10-26-65(41)29-48(55,56)57)37-22-20-35(61-37)44(33-18-16-31(42)59-33)40-13-5-9-25-64(40)28-47(52,53)54;/h3-26H,2,27-29H2,1H3;/q+2;+3. The maximum atomic E-state index is 14.2.